The highest BCUT2D eigenvalue weighted by atomic mass is 35.5. The van der Waals surface area contributed by atoms with Crippen LogP contribution in [0.3, 0.4) is 0 Å². The number of aryl methyl sites for hydroxylation is 2. The molecular weight excluding hydrogens is 376 g/mol. The number of hydrogen-bond donors (Lipinski definition) is 2. The molecule has 0 unspecified atom stereocenters. The van der Waals surface area contributed by atoms with Gasteiger partial charge in [0.05, 0.1) is 0 Å². The maximum Gasteiger partial charge on any atom is 0.335 e. The predicted octanol–water partition coefficient (Wildman–Crippen LogP) is 1.97. The van der Waals surface area contributed by atoms with Crippen LogP contribution in [0.5, 0.6) is 0 Å². The summed E-state index contributed by atoms with van der Waals surface area (Å²) < 4.78 is 28.0. The normalized spacial score (nSPS) is 11.6. The van der Waals surface area contributed by atoms with Crippen molar-refractivity contribution in [1.29, 1.82) is 0 Å². The number of aromatic nitrogens is 4. The van der Waals surface area contributed by atoms with E-state index in [9.17, 15) is 13.2 Å². The third-order valence-electron chi connectivity index (χ3n) is 2.87. The van der Waals surface area contributed by atoms with Gasteiger partial charge in [-0.15, -0.1) is 11.3 Å². The van der Waals surface area contributed by atoms with Crippen molar-refractivity contribution in [3.63, 3.8) is 0 Å². The molecule has 0 aromatic carbocycles. The van der Waals surface area contributed by atoms with Crippen molar-refractivity contribution >= 4 is 49.9 Å². The van der Waals surface area contributed by atoms with E-state index in [2.05, 4.69) is 20.3 Å². The van der Waals surface area contributed by atoms with Crippen molar-refractivity contribution in [2.75, 3.05) is 5.32 Å². The summed E-state index contributed by atoms with van der Waals surface area (Å²) in [5, 5.41) is 3.41. The predicted molar refractivity (Wildman–Crippen MR) is 88.9 cm³/mol. The van der Waals surface area contributed by atoms with Crippen molar-refractivity contribution in [3.05, 3.63) is 34.2 Å². The van der Waals surface area contributed by atoms with E-state index in [1.165, 1.54) is 21.9 Å². The molecule has 0 aliphatic heterocycles. The summed E-state index contributed by atoms with van der Waals surface area (Å²) in [6, 6.07) is 0.723. The van der Waals surface area contributed by atoms with Gasteiger partial charge in [0.1, 0.15) is 0 Å². The minimum atomic E-state index is -4.23. The average Bonchev–Trinajstić information content (AvgIpc) is 2.95. The lowest BCUT2D eigenvalue weighted by Gasteiger charge is -2.08. The topological polar surface area (TPSA) is 118 Å². The standard InChI is InChI=1S/C12H11ClN6O3S2/c1-6-5-7(2)15-10(14-6)17-11(20)18-24(21,22)9-8(13)16-12-19(9)3-4-23-12/h3-5H,1-2H3,(H2,14,15,17,18,20). The molecule has 0 aliphatic rings. The summed E-state index contributed by atoms with van der Waals surface area (Å²) >= 11 is 7.10. The molecule has 2 amide bonds. The largest absolute Gasteiger partial charge is 0.335 e. The first-order valence-corrected chi connectivity index (χ1v) is 9.27. The zero-order chi connectivity index (χ0) is 17.5. The van der Waals surface area contributed by atoms with Crippen LogP contribution in [0, 0.1) is 13.8 Å². The molecule has 0 radical (unpaired) electrons. The quantitative estimate of drug-likeness (QED) is 0.710. The van der Waals surface area contributed by atoms with Crippen LogP contribution in [0.1, 0.15) is 11.4 Å². The number of sulfonamides is 1. The second kappa shape index (κ2) is 6.00. The second-order valence-electron chi connectivity index (χ2n) is 4.80. The monoisotopic (exact) mass is 386 g/mol. The number of thiazole rings is 1. The van der Waals surface area contributed by atoms with Crippen LogP contribution in [-0.2, 0) is 10.0 Å². The molecule has 0 fully saturated rings. The number of halogens is 1. The van der Waals surface area contributed by atoms with Gasteiger partial charge >= 0.3 is 6.03 Å². The number of rotatable bonds is 3. The highest BCUT2D eigenvalue weighted by molar-refractivity contribution is 7.90. The maximum absolute atomic E-state index is 12.4. The lowest BCUT2D eigenvalue weighted by atomic mass is 10.4. The molecule has 24 heavy (non-hydrogen) atoms. The van der Waals surface area contributed by atoms with Crippen molar-refractivity contribution in [3.8, 4) is 0 Å². The van der Waals surface area contributed by atoms with E-state index in [1.807, 2.05) is 4.72 Å². The minimum absolute atomic E-state index is 0.000242. The number of nitrogens with one attached hydrogen (secondary N) is 2. The Balaban J connectivity index is 1.85. The third kappa shape index (κ3) is 3.18. The molecule has 126 valence electrons. The fourth-order valence-electron chi connectivity index (χ4n) is 2.06. The fraction of sp³-hybridized carbons (Fsp3) is 0.167. The second-order valence-corrected chi connectivity index (χ2v) is 7.63. The minimum Gasteiger partial charge on any atom is -0.278 e. The molecule has 0 bridgehead atoms. The van der Waals surface area contributed by atoms with Gasteiger partial charge in [0, 0.05) is 23.0 Å². The fourth-order valence-corrected chi connectivity index (χ4v) is 4.42. The zero-order valence-corrected chi connectivity index (χ0v) is 14.8. The average molecular weight is 387 g/mol. The van der Waals surface area contributed by atoms with Gasteiger partial charge in [-0.25, -0.2) is 24.5 Å². The molecule has 3 heterocycles. The Hall–Kier alpha value is -2.24. The molecule has 0 saturated carbocycles. The number of imidazole rings is 1. The van der Waals surface area contributed by atoms with Crippen LogP contribution in [0.15, 0.2) is 22.7 Å². The van der Waals surface area contributed by atoms with Gasteiger partial charge in [-0.1, -0.05) is 11.6 Å². The van der Waals surface area contributed by atoms with Crippen LogP contribution in [0.2, 0.25) is 5.15 Å². The number of carbonyl (C=O) groups excluding carboxylic acids is 1. The zero-order valence-electron chi connectivity index (χ0n) is 12.4. The smallest absolute Gasteiger partial charge is 0.278 e. The highest BCUT2D eigenvalue weighted by Crippen LogP contribution is 2.25. The van der Waals surface area contributed by atoms with E-state index < -0.39 is 16.1 Å². The summed E-state index contributed by atoms with van der Waals surface area (Å²) in [4.78, 5) is 24.3. The van der Waals surface area contributed by atoms with E-state index in [0.717, 1.165) is 0 Å². The van der Waals surface area contributed by atoms with Crippen molar-refractivity contribution in [1.82, 2.24) is 24.1 Å². The molecule has 9 nitrogen and oxygen atoms in total. The Bertz CT molecular complexity index is 1020. The molecule has 3 rings (SSSR count). The number of nitrogens with zero attached hydrogens (tertiary/aromatic N) is 4. The summed E-state index contributed by atoms with van der Waals surface area (Å²) in [5.74, 6) is 0.000242. The number of urea groups is 1. The summed E-state index contributed by atoms with van der Waals surface area (Å²) in [6.45, 7) is 3.46. The molecule has 0 atom stereocenters. The molecule has 0 aliphatic carbocycles. The Morgan fingerprint density at radius 1 is 1.25 bits per heavy atom. The van der Waals surface area contributed by atoms with E-state index >= 15 is 0 Å². The molecular formula is C12H11ClN6O3S2. The lowest BCUT2D eigenvalue weighted by molar-refractivity contribution is 0.256. The lowest BCUT2D eigenvalue weighted by Crippen LogP contribution is -2.35. The van der Waals surface area contributed by atoms with Crippen LogP contribution >= 0.6 is 22.9 Å². The van der Waals surface area contributed by atoms with Gasteiger partial charge < -0.3 is 0 Å². The van der Waals surface area contributed by atoms with Gasteiger partial charge in [0.25, 0.3) is 10.0 Å². The van der Waals surface area contributed by atoms with E-state index in [1.54, 1.807) is 25.3 Å². The number of anilines is 1. The number of amides is 2. The van der Waals surface area contributed by atoms with Gasteiger partial charge in [0.15, 0.2) is 15.1 Å². The van der Waals surface area contributed by atoms with Gasteiger partial charge in [-0.05, 0) is 19.9 Å². The maximum atomic E-state index is 12.4. The van der Waals surface area contributed by atoms with Gasteiger partial charge in [-0.2, -0.15) is 8.42 Å². The molecule has 0 saturated heterocycles. The molecule has 0 spiro atoms. The third-order valence-corrected chi connectivity index (χ3v) is 5.35. The van der Waals surface area contributed by atoms with Gasteiger partial charge in [0.2, 0.25) is 5.95 Å². The van der Waals surface area contributed by atoms with Crippen LogP contribution < -0.4 is 10.0 Å². The van der Waals surface area contributed by atoms with Crippen molar-refractivity contribution in [2.45, 2.75) is 18.9 Å². The first kappa shape index (κ1) is 16.6. The SMILES string of the molecule is Cc1cc(C)nc(NC(=O)NS(=O)(=O)c2c(Cl)nc3sccn23)n1. The van der Waals surface area contributed by atoms with E-state index in [4.69, 9.17) is 11.6 Å². The number of hydrogen-bond acceptors (Lipinski definition) is 7. The Kier molecular flexibility index (Phi) is 4.15. The summed E-state index contributed by atoms with van der Waals surface area (Å²) in [5.41, 5.74) is 1.28. The molecule has 2 N–H and O–H groups in total. The Morgan fingerprint density at radius 2 is 1.92 bits per heavy atom. The van der Waals surface area contributed by atoms with Crippen molar-refractivity contribution in [2.24, 2.45) is 0 Å². The number of carbonyl (C=O) groups is 1. The summed E-state index contributed by atoms with van der Waals surface area (Å²) in [6.07, 6.45) is 1.50. The highest BCUT2D eigenvalue weighted by Gasteiger charge is 2.27. The molecule has 12 heteroatoms. The Morgan fingerprint density at radius 3 is 2.58 bits per heavy atom. The van der Waals surface area contributed by atoms with Crippen LogP contribution in [-0.4, -0.2) is 33.8 Å². The van der Waals surface area contributed by atoms with Crippen LogP contribution in [0.25, 0.3) is 4.96 Å². The first-order valence-electron chi connectivity index (χ1n) is 6.53. The van der Waals surface area contributed by atoms with Crippen molar-refractivity contribution < 1.29 is 13.2 Å². The first-order chi connectivity index (χ1) is 11.3. The number of fused-ring (bicyclic) bond motifs is 1. The van der Waals surface area contributed by atoms with Gasteiger partial charge in [-0.3, -0.25) is 9.72 Å². The molecule has 3 aromatic heterocycles. The Labute approximate surface area is 145 Å². The summed E-state index contributed by atoms with van der Waals surface area (Å²) in [7, 11) is -4.23. The van der Waals surface area contributed by atoms with Crippen LogP contribution in [0.4, 0.5) is 10.7 Å². The molecule has 3 aromatic rings. The van der Waals surface area contributed by atoms with E-state index in [0.29, 0.717) is 16.3 Å². The van der Waals surface area contributed by atoms with E-state index in [-0.39, 0.29) is 16.1 Å².